The fourth-order valence-electron chi connectivity index (χ4n) is 5.83. The van der Waals surface area contributed by atoms with E-state index in [1.165, 1.54) is 35.8 Å². The third-order valence-corrected chi connectivity index (χ3v) is 11.8. The van der Waals surface area contributed by atoms with E-state index < -0.39 is 22.4 Å². The van der Waals surface area contributed by atoms with Crippen molar-refractivity contribution in [1.82, 2.24) is 20.6 Å². The lowest BCUT2D eigenvalue weighted by Crippen LogP contribution is -2.35. The highest BCUT2D eigenvalue weighted by Gasteiger charge is 2.27. The first-order chi connectivity index (χ1) is 25.3. The number of aromatic nitrogens is 2. The van der Waals surface area contributed by atoms with Crippen molar-refractivity contribution in [2.24, 2.45) is 0 Å². The zero-order valence-electron chi connectivity index (χ0n) is 28.6. The van der Waals surface area contributed by atoms with Crippen LogP contribution in [0.2, 0.25) is 0 Å². The Hall–Kier alpha value is -5.46. The van der Waals surface area contributed by atoms with Gasteiger partial charge in [0.15, 0.2) is 0 Å². The number of esters is 2. The van der Waals surface area contributed by atoms with Crippen molar-refractivity contribution in [3.8, 4) is 0 Å². The van der Waals surface area contributed by atoms with Crippen LogP contribution in [0.4, 0.5) is 0 Å². The van der Waals surface area contributed by atoms with Gasteiger partial charge in [-0.15, -0.1) is 0 Å². The number of aromatic amines is 2. The number of hydrogen-bond donors (Lipinski definition) is 4. The Balaban J connectivity index is 1.20. The summed E-state index contributed by atoms with van der Waals surface area (Å²) in [7, 11) is 5.43. The minimum atomic E-state index is -0.539. The van der Waals surface area contributed by atoms with E-state index in [-0.39, 0.29) is 24.9 Å². The molecule has 0 aliphatic heterocycles. The molecule has 52 heavy (non-hydrogen) atoms. The van der Waals surface area contributed by atoms with Gasteiger partial charge >= 0.3 is 11.9 Å². The number of carbonyl (C=O) groups is 4. The molecule has 2 atom stereocenters. The summed E-state index contributed by atoms with van der Waals surface area (Å²) in [5, 5.41) is 7.14. The summed E-state index contributed by atoms with van der Waals surface area (Å²) in [5.74, 6) is -1.19. The highest BCUT2D eigenvalue weighted by Crippen LogP contribution is 2.37. The molecule has 6 rings (SSSR count). The van der Waals surface area contributed by atoms with Crippen LogP contribution in [0, 0.1) is 0 Å². The fraction of sp³-hybridized carbons (Fsp3) is 0.200. The van der Waals surface area contributed by atoms with E-state index in [1.807, 2.05) is 60.9 Å². The molecule has 2 amide bonds. The molecule has 0 aliphatic carbocycles. The fourth-order valence-corrected chi connectivity index (χ4v) is 8.68. The van der Waals surface area contributed by atoms with Gasteiger partial charge in [-0.05, 0) is 71.5 Å². The Morgan fingerprint density at radius 2 is 0.962 bits per heavy atom. The molecule has 0 spiro atoms. The van der Waals surface area contributed by atoms with Gasteiger partial charge in [-0.3, -0.25) is 9.59 Å². The van der Waals surface area contributed by atoms with Gasteiger partial charge in [0.05, 0.1) is 35.8 Å². The number of rotatable bonds is 15. The molecule has 6 aromatic rings. The summed E-state index contributed by atoms with van der Waals surface area (Å²) in [6.45, 7) is 0.536. The SMILES string of the molecule is COC(=O)c1ccc(CNC(=O)C(Cc2c[nH]c3ccccc23)SSC(Cc2c[nH]c3ccccc23)C(=O)NCc2ccc(C(=O)OC)cc2)cc1. The van der Waals surface area contributed by atoms with Crippen LogP contribution >= 0.6 is 21.6 Å². The quantitative estimate of drug-likeness (QED) is 0.0670. The standard InChI is InChI=1S/C40H38N4O6S2/c1-49-39(47)27-15-11-25(12-16-27)21-43-37(45)35(19-29-23-41-33-9-5-3-7-31(29)33)51-52-36(20-30-24-42-34-10-6-4-8-32(30)34)38(46)44-22-26-13-17-28(18-14-26)40(48)50-2/h3-18,23-24,35-36,41-42H,19-22H2,1-2H3,(H,43,45)(H,44,46). The lowest BCUT2D eigenvalue weighted by atomic mass is 10.1. The minimum absolute atomic E-state index is 0.170. The van der Waals surface area contributed by atoms with E-state index >= 15 is 0 Å². The van der Waals surface area contributed by atoms with E-state index in [0.717, 1.165) is 44.1 Å². The zero-order chi connectivity index (χ0) is 36.5. The second kappa shape index (κ2) is 17.2. The van der Waals surface area contributed by atoms with Gasteiger partial charge in [-0.2, -0.15) is 0 Å². The molecule has 2 aromatic heterocycles. The Kier molecular flexibility index (Phi) is 12.0. The molecule has 0 radical (unpaired) electrons. The van der Waals surface area contributed by atoms with Gasteiger partial charge in [-0.25, -0.2) is 9.59 Å². The summed E-state index contributed by atoms with van der Waals surface area (Å²) in [6, 6.07) is 29.7. The summed E-state index contributed by atoms with van der Waals surface area (Å²) in [5.41, 5.74) is 6.49. The number of carbonyl (C=O) groups excluding carboxylic acids is 4. The van der Waals surface area contributed by atoms with Crippen molar-refractivity contribution < 1.29 is 28.7 Å². The molecule has 2 unspecified atom stereocenters. The van der Waals surface area contributed by atoms with Crippen LogP contribution in [0.15, 0.2) is 109 Å². The number of nitrogens with one attached hydrogen (secondary N) is 4. The first-order valence-corrected chi connectivity index (χ1v) is 18.9. The predicted molar refractivity (Wildman–Crippen MR) is 206 cm³/mol. The van der Waals surface area contributed by atoms with E-state index in [9.17, 15) is 19.2 Å². The average Bonchev–Trinajstić information content (AvgIpc) is 3.80. The second-order valence-corrected chi connectivity index (χ2v) is 14.8. The molecule has 4 aromatic carbocycles. The summed E-state index contributed by atoms with van der Waals surface area (Å²) in [4.78, 5) is 58.2. The van der Waals surface area contributed by atoms with Gasteiger partial charge in [0.25, 0.3) is 0 Å². The predicted octanol–water partition coefficient (Wildman–Crippen LogP) is 6.76. The molecular weight excluding hydrogens is 697 g/mol. The average molecular weight is 735 g/mol. The third-order valence-electron chi connectivity index (χ3n) is 8.72. The molecule has 266 valence electrons. The number of para-hydroxylation sites is 2. The largest absolute Gasteiger partial charge is 0.465 e. The maximum Gasteiger partial charge on any atom is 0.337 e. The van der Waals surface area contributed by atoms with E-state index in [0.29, 0.717) is 24.0 Å². The van der Waals surface area contributed by atoms with Crippen LogP contribution in [0.1, 0.15) is 43.0 Å². The highest BCUT2D eigenvalue weighted by molar-refractivity contribution is 8.77. The minimum Gasteiger partial charge on any atom is -0.465 e. The normalized spacial score (nSPS) is 12.3. The van der Waals surface area contributed by atoms with Gasteiger partial charge < -0.3 is 30.1 Å². The topological polar surface area (TPSA) is 142 Å². The number of H-pyrrole nitrogens is 2. The number of amides is 2. The van der Waals surface area contributed by atoms with Crippen molar-refractivity contribution in [2.45, 2.75) is 36.4 Å². The van der Waals surface area contributed by atoms with Crippen LogP contribution in [0.25, 0.3) is 21.8 Å². The molecule has 0 saturated heterocycles. The molecule has 10 nitrogen and oxygen atoms in total. The third kappa shape index (κ3) is 8.87. The smallest absolute Gasteiger partial charge is 0.337 e. The maximum absolute atomic E-state index is 13.9. The zero-order valence-corrected chi connectivity index (χ0v) is 30.3. The Morgan fingerprint density at radius 3 is 1.35 bits per heavy atom. The van der Waals surface area contributed by atoms with Crippen LogP contribution in [-0.2, 0) is 45.0 Å². The molecule has 12 heteroatoms. The molecular formula is C40H38N4O6S2. The Morgan fingerprint density at radius 1 is 0.577 bits per heavy atom. The molecule has 0 aliphatic rings. The second-order valence-electron chi connectivity index (χ2n) is 12.1. The number of benzene rings is 4. The summed E-state index contributed by atoms with van der Waals surface area (Å²) < 4.78 is 9.59. The summed E-state index contributed by atoms with van der Waals surface area (Å²) in [6.07, 6.45) is 4.73. The van der Waals surface area contributed by atoms with Gasteiger partial charge in [0.2, 0.25) is 11.8 Å². The number of methoxy groups -OCH3 is 2. The van der Waals surface area contributed by atoms with Crippen molar-refractivity contribution in [2.75, 3.05) is 14.2 Å². The molecule has 0 fully saturated rings. The molecule has 2 heterocycles. The van der Waals surface area contributed by atoms with Crippen LogP contribution < -0.4 is 10.6 Å². The van der Waals surface area contributed by atoms with Gasteiger partial charge in [0.1, 0.15) is 0 Å². The van der Waals surface area contributed by atoms with Crippen LogP contribution in [0.3, 0.4) is 0 Å². The highest BCUT2D eigenvalue weighted by atomic mass is 33.1. The van der Waals surface area contributed by atoms with Crippen LogP contribution in [0.5, 0.6) is 0 Å². The van der Waals surface area contributed by atoms with Crippen molar-refractivity contribution in [3.05, 3.63) is 143 Å². The first kappa shape index (κ1) is 36.3. The van der Waals surface area contributed by atoms with Gasteiger partial charge in [-0.1, -0.05) is 82.3 Å². The monoisotopic (exact) mass is 734 g/mol. The van der Waals surface area contributed by atoms with E-state index in [1.54, 1.807) is 48.5 Å². The molecule has 4 N–H and O–H groups in total. The number of hydrogen-bond acceptors (Lipinski definition) is 8. The molecule has 0 bridgehead atoms. The summed E-state index contributed by atoms with van der Waals surface area (Å²) >= 11 is 0. The van der Waals surface area contributed by atoms with Crippen LogP contribution in [-0.4, -0.2) is 58.4 Å². The molecule has 0 saturated carbocycles. The van der Waals surface area contributed by atoms with E-state index in [4.69, 9.17) is 9.47 Å². The van der Waals surface area contributed by atoms with Crippen molar-refractivity contribution >= 4 is 67.1 Å². The Labute approximate surface area is 308 Å². The number of ether oxygens (including phenoxy) is 2. The van der Waals surface area contributed by atoms with Gasteiger partial charge in [0, 0.05) is 47.3 Å². The lowest BCUT2D eigenvalue weighted by Gasteiger charge is -2.20. The van der Waals surface area contributed by atoms with Crippen molar-refractivity contribution in [1.29, 1.82) is 0 Å². The Bertz CT molecular complexity index is 2020. The maximum atomic E-state index is 13.9. The lowest BCUT2D eigenvalue weighted by molar-refractivity contribution is -0.121. The number of fused-ring (bicyclic) bond motifs is 2. The van der Waals surface area contributed by atoms with E-state index in [2.05, 4.69) is 20.6 Å². The first-order valence-electron chi connectivity index (χ1n) is 16.6. The van der Waals surface area contributed by atoms with Crippen molar-refractivity contribution in [3.63, 3.8) is 0 Å².